The molecule has 27 heavy (non-hydrogen) atoms. The van der Waals surface area contributed by atoms with Gasteiger partial charge >= 0.3 is 0 Å². The summed E-state index contributed by atoms with van der Waals surface area (Å²) in [7, 11) is 3.94. The van der Waals surface area contributed by atoms with Gasteiger partial charge in [0.05, 0.1) is 0 Å². The molecule has 0 saturated carbocycles. The van der Waals surface area contributed by atoms with Gasteiger partial charge in [-0.1, -0.05) is 29.8 Å². The Morgan fingerprint density at radius 1 is 1.30 bits per heavy atom. The molecule has 4 nitrogen and oxygen atoms in total. The first-order valence-corrected chi connectivity index (χ1v) is 10.7. The van der Waals surface area contributed by atoms with Crippen LogP contribution in [0.15, 0.2) is 46.8 Å². The number of halogens is 1. The summed E-state index contributed by atoms with van der Waals surface area (Å²) in [5, 5.41) is 6.52. The maximum Gasteiger partial charge on any atom is 0.193 e. The molecule has 2 heterocycles. The third kappa shape index (κ3) is 5.24. The summed E-state index contributed by atoms with van der Waals surface area (Å²) in [5.41, 5.74) is 1.30. The van der Waals surface area contributed by atoms with E-state index in [0.29, 0.717) is 0 Å². The fraction of sp³-hybridized carbons (Fsp3) is 0.476. The molecule has 2 aromatic rings. The Balaban J connectivity index is 1.66. The van der Waals surface area contributed by atoms with Crippen molar-refractivity contribution >= 4 is 28.9 Å². The molecule has 6 heteroatoms. The molecule has 0 spiro atoms. The molecule has 1 aliphatic rings. The van der Waals surface area contributed by atoms with Gasteiger partial charge in [0.1, 0.15) is 0 Å². The predicted molar refractivity (Wildman–Crippen MR) is 115 cm³/mol. The third-order valence-corrected chi connectivity index (χ3v) is 6.49. The zero-order chi connectivity index (χ0) is 19.1. The minimum Gasteiger partial charge on any atom is -0.381 e. The molecule has 1 aromatic heterocycles. The summed E-state index contributed by atoms with van der Waals surface area (Å²) in [6.07, 6.45) is 2.99. The SMILES string of the molecule is CN=C(NCC1(c2cccc(Cl)c2)CCOCC1)N(C)CCc1cccs1. The molecule has 0 bridgehead atoms. The maximum atomic E-state index is 6.27. The van der Waals surface area contributed by atoms with E-state index < -0.39 is 0 Å². The largest absolute Gasteiger partial charge is 0.381 e. The number of rotatable bonds is 6. The van der Waals surface area contributed by atoms with Crippen LogP contribution >= 0.6 is 22.9 Å². The van der Waals surface area contributed by atoms with Crippen LogP contribution in [0.2, 0.25) is 5.02 Å². The number of guanidine groups is 1. The number of ether oxygens (including phenoxy) is 1. The van der Waals surface area contributed by atoms with E-state index in [2.05, 4.69) is 51.9 Å². The molecule has 1 saturated heterocycles. The summed E-state index contributed by atoms with van der Waals surface area (Å²) in [6, 6.07) is 12.5. The number of thiophene rings is 1. The second-order valence-corrected chi connectivity index (χ2v) is 8.52. The van der Waals surface area contributed by atoms with Crippen LogP contribution < -0.4 is 5.32 Å². The molecule has 0 atom stereocenters. The molecule has 0 radical (unpaired) electrons. The van der Waals surface area contributed by atoms with Gasteiger partial charge in [-0.3, -0.25) is 4.99 Å². The molecule has 3 rings (SSSR count). The van der Waals surface area contributed by atoms with E-state index in [4.69, 9.17) is 16.3 Å². The van der Waals surface area contributed by atoms with Crippen molar-refractivity contribution in [3.05, 3.63) is 57.2 Å². The molecular formula is C21H28ClN3OS. The highest BCUT2D eigenvalue weighted by atomic mass is 35.5. The molecule has 1 aromatic carbocycles. The lowest BCUT2D eigenvalue weighted by Gasteiger charge is -2.39. The second kappa shape index (κ2) is 9.58. The van der Waals surface area contributed by atoms with E-state index in [9.17, 15) is 0 Å². The van der Waals surface area contributed by atoms with Gasteiger partial charge in [0.25, 0.3) is 0 Å². The highest BCUT2D eigenvalue weighted by molar-refractivity contribution is 7.09. The molecule has 0 unspecified atom stereocenters. The average molecular weight is 406 g/mol. The van der Waals surface area contributed by atoms with Crippen molar-refractivity contribution in [2.45, 2.75) is 24.7 Å². The number of hydrogen-bond acceptors (Lipinski definition) is 3. The van der Waals surface area contributed by atoms with Gasteiger partial charge in [0, 0.05) is 55.7 Å². The zero-order valence-corrected chi connectivity index (χ0v) is 17.7. The zero-order valence-electron chi connectivity index (χ0n) is 16.1. The van der Waals surface area contributed by atoms with Crippen LogP contribution in [0.25, 0.3) is 0 Å². The summed E-state index contributed by atoms with van der Waals surface area (Å²) in [6.45, 7) is 3.32. The monoisotopic (exact) mass is 405 g/mol. The van der Waals surface area contributed by atoms with Crippen LogP contribution in [0.5, 0.6) is 0 Å². The lowest BCUT2D eigenvalue weighted by atomic mass is 9.74. The van der Waals surface area contributed by atoms with E-state index in [1.807, 2.05) is 19.2 Å². The molecule has 146 valence electrons. The Bertz CT molecular complexity index is 742. The van der Waals surface area contributed by atoms with Crippen LogP contribution in [0.3, 0.4) is 0 Å². The van der Waals surface area contributed by atoms with Crippen LogP contribution in [0, 0.1) is 0 Å². The Kier molecular flexibility index (Phi) is 7.16. The highest BCUT2D eigenvalue weighted by Crippen LogP contribution is 2.35. The number of benzene rings is 1. The number of nitrogens with one attached hydrogen (secondary N) is 1. The lowest BCUT2D eigenvalue weighted by molar-refractivity contribution is 0.0512. The predicted octanol–water partition coefficient (Wildman–Crippen LogP) is 4.20. The van der Waals surface area contributed by atoms with E-state index in [0.717, 1.165) is 56.5 Å². The summed E-state index contributed by atoms with van der Waals surface area (Å²) >= 11 is 8.08. The van der Waals surface area contributed by atoms with Gasteiger partial charge in [0.15, 0.2) is 5.96 Å². The van der Waals surface area contributed by atoms with Crippen LogP contribution in [0.4, 0.5) is 0 Å². The minimum absolute atomic E-state index is 0.0215. The van der Waals surface area contributed by atoms with Crippen molar-refractivity contribution in [2.24, 2.45) is 4.99 Å². The number of aliphatic imine (C=N–C) groups is 1. The average Bonchev–Trinajstić information content (AvgIpc) is 3.21. The number of likely N-dealkylation sites (N-methyl/N-ethyl adjacent to an activating group) is 1. The smallest absolute Gasteiger partial charge is 0.193 e. The van der Waals surface area contributed by atoms with Gasteiger partial charge < -0.3 is 15.0 Å². The minimum atomic E-state index is 0.0215. The van der Waals surface area contributed by atoms with Crippen LogP contribution in [0.1, 0.15) is 23.3 Å². The van der Waals surface area contributed by atoms with Gasteiger partial charge in [-0.2, -0.15) is 0 Å². The fourth-order valence-electron chi connectivity index (χ4n) is 3.62. The Morgan fingerprint density at radius 3 is 2.78 bits per heavy atom. The number of nitrogens with zero attached hydrogens (tertiary/aromatic N) is 2. The second-order valence-electron chi connectivity index (χ2n) is 7.05. The normalized spacial score (nSPS) is 16.9. The molecular weight excluding hydrogens is 378 g/mol. The molecule has 1 N–H and O–H groups in total. The van der Waals surface area contributed by atoms with Crippen molar-refractivity contribution in [2.75, 3.05) is 40.4 Å². The van der Waals surface area contributed by atoms with E-state index in [1.54, 1.807) is 11.3 Å². The standard InChI is InChI=1S/C21H28ClN3OS/c1-23-20(25(2)11-8-19-7-4-14-27-19)24-16-21(9-12-26-13-10-21)17-5-3-6-18(22)15-17/h3-7,14-15H,8-13,16H2,1-2H3,(H,23,24). The quantitative estimate of drug-likeness (QED) is 0.578. The molecule has 0 aliphatic carbocycles. The first-order valence-electron chi connectivity index (χ1n) is 9.41. The van der Waals surface area contributed by atoms with E-state index >= 15 is 0 Å². The van der Waals surface area contributed by atoms with Crippen molar-refractivity contribution in [3.63, 3.8) is 0 Å². The van der Waals surface area contributed by atoms with Gasteiger partial charge in [-0.25, -0.2) is 0 Å². The maximum absolute atomic E-state index is 6.27. The van der Waals surface area contributed by atoms with Crippen LogP contribution in [-0.2, 0) is 16.6 Å². The first kappa shape index (κ1) is 20.2. The molecule has 1 aliphatic heterocycles. The van der Waals surface area contributed by atoms with Gasteiger partial charge in [-0.15, -0.1) is 11.3 Å². The van der Waals surface area contributed by atoms with Gasteiger partial charge in [-0.05, 0) is 48.4 Å². The first-order chi connectivity index (χ1) is 13.1. The van der Waals surface area contributed by atoms with Crippen molar-refractivity contribution in [3.8, 4) is 0 Å². The van der Waals surface area contributed by atoms with Crippen molar-refractivity contribution in [1.82, 2.24) is 10.2 Å². The van der Waals surface area contributed by atoms with Crippen molar-refractivity contribution < 1.29 is 4.74 Å². The summed E-state index contributed by atoms with van der Waals surface area (Å²) in [5.74, 6) is 0.930. The third-order valence-electron chi connectivity index (χ3n) is 5.32. The Hall–Kier alpha value is -1.56. The summed E-state index contributed by atoms with van der Waals surface area (Å²) in [4.78, 5) is 8.09. The highest BCUT2D eigenvalue weighted by Gasteiger charge is 2.35. The molecule has 0 amide bonds. The summed E-state index contributed by atoms with van der Waals surface area (Å²) < 4.78 is 5.64. The molecule has 1 fully saturated rings. The van der Waals surface area contributed by atoms with Crippen LogP contribution in [-0.4, -0.2) is 51.3 Å². The number of hydrogen-bond donors (Lipinski definition) is 1. The van der Waals surface area contributed by atoms with Crippen molar-refractivity contribution in [1.29, 1.82) is 0 Å². The Labute approximate surface area is 171 Å². The topological polar surface area (TPSA) is 36.9 Å². The van der Waals surface area contributed by atoms with E-state index in [1.165, 1.54) is 10.4 Å². The lowest BCUT2D eigenvalue weighted by Crippen LogP contribution is -2.48. The fourth-order valence-corrected chi connectivity index (χ4v) is 4.51. The van der Waals surface area contributed by atoms with Gasteiger partial charge in [0.2, 0.25) is 0 Å². The van der Waals surface area contributed by atoms with E-state index in [-0.39, 0.29) is 5.41 Å². The Morgan fingerprint density at radius 2 is 2.11 bits per heavy atom.